The van der Waals surface area contributed by atoms with Gasteiger partial charge in [0.2, 0.25) is 11.8 Å². The highest BCUT2D eigenvalue weighted by Gasteiger charge is 2.32. The molecular formula is C14H20N8O2. The van der Waals surface area contributed by atoms with Gasteiger partial charge in [-0.2, -0.15) is 4.98 Å². The molecule has 1 saturated heterocycles. The van der Waals surface area contributed by atoms with E-state index in [1.807, 2.05) is 9.47 Å². The smallest absolute Gasteiger partial charge is 0.329 e. The minimum absolute atomic E-state index is 0.00731. The molecule has 1 aliphatic rings. The predicted molar refractivity (Wildman–Crippen MR) is 87.3 cm³/mol. The van der Waals surface area contributed by atoms with Crippen molar-refractivity contribution in [2.24, 2.45) is 5.92 Å². The van der Waals surface area contributed by atoms with Gasteiger partial charge in [0, 0.05) is 13.1 Å². The minimum atomic E-state index is -0.583. The van der Waals surface area contributed by atoms with Crippen molar-refractivity contribution in [3.8, 4) is 0 Å². The lowest BCUT2D eigenvalue weighted by Gasteiger charge is -2.24. The molecule has 0 radical (unpaired) electrons. The normalized spacial score (nSPS) is 17.6. The van der Waals surface area contributed by atoms with Crippen molar-refractivity contribution in [1.29, 1.82) is 0 Å². The van der Waals surface area contributed by atoms with Crippen LogP contribution >= 0.6 is 0 Å². The van der Waals surface area contributed by atoms with Crippen molar-refractivity contribution in [2.75, 3.05) is 17.2 Å². The fourth-order valence-electron chi connectivity index (χ4n) is 2.99. The van der Waals surface area contributed by atoms with Gasteiger partial charge in [0.15, 0.2) is 5.82 Å². The summed E-state index contributed by atoms with van der Waals surface area (Å²) in [5, 5.41) is 19.2. The zero-order chi connectivity index (χ0) is 17.3. The van der Waals surface area contributed by atoms with E-state index in [1.165, 1.54) is 0 Å². The van der Waals surface area contributed by atoms with Crippen LogP contribution < -0.4 is 10.6 Å². The second-order valence-electron chi connectivity index (χ2n) is 6.28. The Morgan fingerprint density at radius 3 is 2.96 bits per heavy atom. The van der Waals surface area contributed by atoms with E-state index in [2.05, 4.69) is 34.0 Å². The summed E-state index contributed by atoms with van der Waals surface area (Å²) in [4.78, 5) is 20.5. The van der Waals surface area contributed by atoms with E-state index in [4.69, 9.17) is 5.73 Å². The Balaban J connectivity index is 1.90. The summed E-state index contributed by atoms with van der Waals surface area (Å²) < 4.78 is 2.04. The maximum atomic E-state index is 10.9. The predicted octanol–water partition coefficient (Wildman–Crippen LogP) is 1.56. The molecule has 24 heavy (non-hydrogen) atoms. The van der Waals surface area contributed by atoms with E-state index in [0.717, 1.165) is 38.0 Å². The van der Waals surface area contributed by atoms with E-state index >= 15 is 0 Å². The quantitative estimate of drug-likeness (QED) is 0.645. The van der Waals surface area contributed by atoms with Crippen LogP contribution in [-0.2, 0) is 6.54 Å². The highest BCUT2D eigenvalue weighted by atomic mass is 16.6. The third-order valence-corrected chi connectivity index (χ3v) is 4.00. The third kappa shape index (κ3) is 2.99. The molecule has 3 rings (SSSR count). The maximum Gasteiger partial charge on any atom is 0.329 e. The number of nitrogens with zero attached hydrogens (tertiary/aromatic N) is 7. The number of nitro groups is 1. The first kappa shape index (κ1) is 16.1. The van der Waals surface area contributed by atoms with E-state index in [9.17, 15) is 10.1 Å². The Kier molecular flexibility index (Phi) is 4.28. The van der Waals surface area contributed by atoms with Gasteiger partial charge in [-0.25, -0.2) is 4.98 Å². The van der Waals surface area contributed by atoms with Gasteiger partial charge in [-0.15, -0.1) is 10.2 Å². The van der Waals surface area contributed by atoms with Gasteiger partial charge < -0.3 is 15.2 Å². The largest absolute Gasteiger partial charge is 0.378 e. The molecule has 0 saturated carbocycles. The molecule has 0 aromatic carbocycles. The van der Waals surface area contributed by atoms with Crippen molar-refractivity contribution in [2.45, 2.75) is 39.3 Å². The Hall–Kier alpha value is -2.78. The molecule has 1 aliphatic heterocycles. The maximum absolute atomic E-state index is 10.9. The van der Waals surface area contributed by atoms with E-state index < -0.39 is 4.92 Å². The second-order valence-corrected chi connectivity index (χ2v) is 6.28. The summed E-state index contributed by atoms with van der Waals surface area (Å²) in [6.07, 6.45) is 4.75. The average Bonchev–Trinajstić information content (AvgIpc) is 3.14. The lowest BCUT2D eigenvalue weighted by atomic mass is 10.2. The van der Waals surface area contributed by atoms with E-state index in [1.54, 1.807) is 6.33 Å². The topological polar surface area (TPSA) is 129 Å². The Morgan fingerprint density at radius 1 is 1.50 bits per heavy atom. The molecule has 10 nitrogen and oxygen atoms in total. The van der Waals surface area contributed by atoms with Crippen LogP contribution in [0, 0.1) is 16.0 Å². The Bertz CT molecular complexity index is 744. The number of aromatic nitrogens is 5. The average molecular weight is 332 g/mol. The molecular weight excluding hydrogens is 312 g/mol. The lowest BCUT2D eigenvalue weighted by Crippen LogP contribution is -2.27. The molecule has 128 valence electrons. The first-order chi connectivity index (χ1) is 11.5. The molecule has 10 heteroatoms. The third-order valence-electron chi connectivity index (χ3n) is 4.00. The number of hydrogen-bond donors (Lipinski definition) is 1. The summed E-state index contributed by atoms with van der Waals surface area (Å²) in [7, 11) is 0. The number of anilines is 2. The number of nitrogen functional groups attached to an aromatic ring is 1. The van der Waals surface area contributed by atoms with Crippen molar-refractivity contribution in [3.63, 3.8) is 0 Å². The summed E-state index contributed by atoms with van der Waals surface area (Å²) in [5.41, 5.74) is 5.42. The van der Waals surface area contributed by atoms with Crippen LogP contribution in [0.25, 0.3) is 0 Å². The Labute approximate surface area is 138 Å². The number of hydrogen-bond acceptors (Lipinski definition) is 8. The van der Waals surface area contributed by atoms with Crippen LogP contribution in [0.2, 0.25) is 0 Å². The summed E-state index contributed by atoms with van der Waals surface area (Å²) in [5.74, 6) is 1.60. The molecule has 1 atom stereocenters. The zero-order valence-corrected chi connectivity index (χ0v) is 13.7. The zero-order valence-electron chi connectivity index (χ0n) is 13.7. The van der Waals surface area contributed by atoms with Gasteiger partial charge in [-0.1, -0.05) is 13.8 Å². The first-order valence-corrected chi connectivity index (χ1v) is 7.88. The highest BCUT2D eigenvalue weighted by Crippen LogP contribution is 2.34. The van der Waals surface area contributed by atoms with Crippen LogP contribution in [0.4, 0.5) is 17.5 Å². The van der Waals surface area contributed by atoms with Crippen LogP contribution in [0.1, 0.15) is 38.6 Å². The molecule has 0 amide bonds. The summed E-state index contributed by atoms with van der Waals surface area (Å²) in [6, 6.07) is -0.00731. The van der Waals surface area contributed by atoms with Crippen molar-refractivity contribution >= 4 is 17.5 Å². The fraction of sp³-hybridized carbons (Fsp3) is 0.571. The molecule has 1 unspecified atom stereocenters. The van der Waals surface area contributed by atoms with Crippen LogP contribution in [-0.4, -0.2) is 36.2 Å². The molecule has 0 bridgehead atoms. The van der Waals surface area contributed by atoms with Gasteiger partial charge in [-0.05, 0) is 18.8 Å². The van der Waals surface area contributed by atoms with Gasteiger partial charge >= 0.3 is 5.69 Å². The van der Waals surface area contributed by atoms with Gasteiger partial charge in [0.1, 0.15) is 12.5 Å². The standard InChI is InChI=1S/C14H20N8O2/c1-9(2)7-20-8-17-19-13(20)10-4-3-5-21(10)14-16-6-11(22(23)24)12(15)18-14/h6,8-10H,3-5,7H2,1-2H3,(H2,15,16,18). The molecule has 0 spiro atoms. The van der Waals surface area contributed by atoms with Crippen molar-refractivity contribution in [3.05, 3.63) is 28.5 Å². The van der Waals surface area contributed by atoms with E-state index in [0.29, 0.717) is 11.9 Å². The summed E-state index contributed by atoms with van der Waals surface area (Å²) >= 11 is 0. The minimum Gasteiger partial charge on any atom is -0.378 e. The van der Waals surface area contributed by atoms with Crippen LogP contribution in [0.3, 0.4) is 0 Å². The second kappa shape index (κ2) is 6.38. The van der Waals surface area contributed by atoms with Crippen LogP contribution in [0.15, 0.2) is 12.5 Å². The summed E-state index contributed by atoms with van der Waals surface area (Å²) in [6.45, 7) is 5.85. The first-order valence-electron chi connectivity index (χ1n) is 7.88. The van der Waals surface area contributed by atoms with Crippen molar-refractivity contribution < 1.29 is 4.92 Å². The van der Waals surface area contributed by atoms with Crippen molar-refractivity contribution in [1.82, 2.24) is 24.7 Å². The fourth-order valence-corrected chi connectivity index (χ4v) is 2.99. The van der Waals surface area contributed by atoms with Gasteiger partial charge in [0.25, 0.3) is 0 Å². The van der Waals surface area contributed by atoms with Gasteiger partial charge in [-0.3, -0.25) is 10.1 Å². The number of rotatable bonds is 5. The van der Waals surface area contributed by atoms with Crippen LogP contribution in [0.5, 0.6) is 0 Å². The highest BCUT2D eigenvalue weighted by molar-refractivity contribution is 5.54. The lowest BCUT2D eigenvalue weighted by molar-refractivity contribution is -0.384. The molecule has 2 N–H and O–H groups in total. The SMILES string of the molecule is CC(C)Cn1cnnc1C1CCCN1c1ncc([N+](=O)[O-])c(N)n1. The van der Waals surface area contributed by atoms with E-state index in [-0.39, 0.29) is 17.5 Å². The molecule has 2 aromatic heterocycles. The monoisotopic (exact) mass is 332 g/mol. The molecule has 1 fully saturated rings. The molecule has 0 aliphatic carbocycles. The number of nitrogens with two attached hydrogens (primary N) is 1. The molecule has 2 aromatic rings. The molecule has 3 heterocycles. The Morgan fingerprint density at radius 2 is 2.29 bits per heavy atom. The van der Waals surface area contributed by atoms with Gasteiger partial charge in [0.05, 0.1) is 11.0 Å².